The molecule has 1 rings (SSSR count). The lowest BCUT2D eigenvalue weighted by Crippen LogP contribution is -2.62. The van der Waals surface area contributed by atoms with Gasteiger partial charge in [0.25, 0.3) is 0 Å². The number of methoxy groups -OCH3 is 1. The lowest BCUT2D eigenvalue weighted by atomic mass is 9.74. The van der Waals surface area contributed by atoms with Gasteiger partial charge < -0.3 is 20.9 Å². The highest BCUT2D eigenvalue weighted by Crippen LogP contribution is 2.33. The van der Waals surface area contributed by atoms with Gasteiger partial charge in [-0.25, -0.2) is 0 Å². The van der Waals surface area contributed by atoms with E-state index < -0.39 is 0 Å². The Morgan fingerprint density at radius 3 is 2.71 bits per heavy atom. The van der Waals surface area contributed by atoms with Crippen LogP contribution in [0.15, 0.2) is 0 Å². The molecule has 0 unspecified atom stereocenters. The van der Waals surface area contributed by atoms with E-state index in [1.54, 1.807) is 7.11 Å². The van der Waals surface area contributed by atoms with Gasteiger partial charge in [-0.2, -0.15) is 0 Å². The van der Waals surface area contributed by atoms with Crippen molar-refractivity contribution in [1.82, 2.24) is 5.32 Å². The molecule has 1 aliphatic carbocycles. The normalized spacial score (nSPS) is 31.5. The first-order chi connectivity index (χ1) is 6.76. The Morgan fingerprint density at radius 1 is 1.50 bits per heavy atom. The number of hydrogen-bond acceptors (Lipinski definition) is 4. The lowest BCUT2D eigenvalue weighted by Gasteiger charge is -2.47. The molecule has 4 N–H and O–H groups in total. The highest BCUT2D eigenvalue weighted by atomic mass is 16.5. The van der Waals surface area contributed by atoms with Gasteiger partial charge in [0.1, 0.15) is 0 Å². The molecule has 0 aliphatic heterocycles. The number of aliphatic hydroxyl groups excluding tert-OH is 1. The second-order valence-electron chi connectivity index (χ2n) is 4.11. The quantitative estimate of drug-likeness (QED) is 0.502. The molecule has 4 nitrogen and oxygen atoms in total. The summed E-state index contributed by atoms with van der Waals surface area (Å²) < 4.78 is 5.24. The molecule has 0 spiro atoms. The zero-order chi connectivity index (χ0) is 10.4. The number of rotatable bonds is 7. The Labute approximate surface area is 85.8 Å². The van der Waals surface area contributed by atoms with E-state index in [9.17, 15) is 0 Å². The van der Waals surface area contributed by atoms with Crippen molar-refractivity contribution in [2.75, 3.05) is 26.8 Å². The number of unbranched alkanes of at least 4 members (excludes halogenated alkanes) is 1. The maximum Gasteiger partial charge on any atom is 0.0607 e. The number of ether oxygens (including phenoxy) is 1. The molecular weight excluding hydrogens is 180 g/mol. The van der Waals surface area contributed by atoms with Crippen LogP contribution in [0.3, 0.4) is 0 Å². The third kappa shape index (κ3) is 2.92. The molecule has 0 bridgehead atoms. The van der Waals surface area contributed by atoms with Gasteiger partial charge in [0, 0.05) is 25.8 Å². The summed E-state index contributed by atoms with van der Waals surface area (Å²) in [5.74, 6) is 0. The maximum absolute atomic E-state index is 8.63. The van der Waals surface area contributed by atoms with Gasteiger partial charge in [0.2, 0.25) is 0 Å². The van der Waals surface area contributed by atoms with Crippen LogP contribution in [0.5, 0.6) is 0 Å². The summed E-state index contributed by atoms with van der Waals surface area (Å²) in [7, 11) is 1.75. The average molecular weight is 202 g/mol. The molecule has 0 aromatic rings. The van der Waals surface area contributed by atoms with E-state index in [4.69, 9.17) is 15.6 Å². The van der Waals surface area contributed by atoms with Gasteiger partial charge in [-0.3, -0.25) is 0 Å². The van der Waals surface area contributed by atoms with E-state index in [0.717, 1.165) is 32.2 Å². The summed E-state index contributed by atoms with van der Waals surface area (Å²) in [5, 5.41) is 12.1. The van der Waals surface area contributed by atoms with Gasteiger partial charge in [-0.05, 0) is 32.2 Å². The standard InChI is InChI=1S/C10H22N2O2/c1-14-9-6-10(7-9,8-11)12-4-2-3-5-13/h9,12-13H,2-8,11H2,1H3. The molecule has 0 radical (unpaired) electrons. The fraction of sp³-hybridized carbons (Fsp3) is 1.00. The van der Waals surface area contributed by atoms with E-state index in [0.29, 0.717) is 12.6 Å². The Kier molecular flexibility index (Phi) is 4.81. The average Bonchev–Trinajstić information content (AvgIpc) is 2.16. The molecule has 0 aromatic carbocycles. The van der Waals surface area contributed by atoms with Crippen molar-refractivity contribution in [3.05, 3.63) is 0 Å². The number of aliphatic hydroxyl groups is 1. The van der Waals surface area contributed by atoms with Crippen LogP contribution in [0.1, 0.15) is 25.7 Å². The second-order valence-corrected chi connectivity index (χ2v) is 4.11. The van der Waals surface area contributed by atoms with Crippen LogP contribution >= 0.6 is 0 Å². The van der Waals surface area contributed by atoms with Gasteiger partial charge in [-0.15, -0.1) is 0 Å². The summed E-state index contributed by atoms with van der Waals surface area (Å²) in [6.07, 6.45) is 4.28. The van der Waals surface area contributed by atoms with E-state index in [1.165, 1.54) is 0 Å². The second kappa shape index (κ2) is 5.66. The van der Waals surface area contributed by atoms with Crippen LogP contribution in [0.25, 0.3) is 0 Å². The van der Waals surface area contributed by atoms with Gasteiger partial charge >= 0.3 is 0 Å². The predicted octanol–water partition coefficient (Wildman–Crippen LogP) is -0.145. The maximum atomic E-state index is 8.63. The van der Waals surface area contributed by atoms with Crippen molar-refractivity contribution < 1.29 is 9.84 Å². The van der Waals surface area contributed by atoms with Crippen LogP contribution in [-0.4, -0.2) is 43.6 Å². The Bertz CT molecular complexity index is 158. The van der Waals surface area contributed by atoms with Gasteiger partial charge in [-0.1, -0.05) is 0 Å². The van der Waals surface area contributed by atoms with E-state index in [2.05, 4.69) is 5.32 Å². The van der Waals surface area contributed by atoms with Crippen LogP contribution in [0, 0.1) is 0 Å². The van der Waals surface area contributed by atoms with E-state index >= 15 is 0 Å². The zero-order valence-electron chi connectivity index (χ0n) is 8.96. The van der Waals surface area contributed by atoms with Crippen molar-refractivity contribution in [1.29, 1.82) is 0 Å². The Hall–Kier alpha value is -0.160. The molecule has 1 aliphatic rings. The van der Waals surface area contributed by atoms with Gasteiger partial charge in [0.15, 0.2) is 0 Å². The zero-order valence-corrected chi connectivity index (χ0v) is 8.96. The SMILES string of the molecule is COC1CC(CN)(NCCCCO)C1. The van der Waals surface area contributed by atoms with Crippen LogP contribution in [0.4, 0.5) is 0 Å². The molecule has 4 heteroatoms. The first-order valence-corrected chi connectivity index (χ1v) is 5.35. The van der Waals surface area contributed by atoms with Crippen molar-refractivity contribution in [2.24, 2.45) is 5.73 Å². The number of nitrogens with one attached hydrogen (secondary N) is 1. The molecule has 0 amide bonds. The molecular formula is C10H22N2O2. The first-order valence-electron chi connectivity index (χ1n) is 5.35. The topological polar surface area (TPSA) is 67.5 Å². The van der Waals surface area contributed by atoms with E-state index in [1.807, 2.05) is 0 Å². The minimum atomic E-state index is 0.107. The Morgan fingerprint density at radius 2 is 2.21 bits per heavy atom. The number of hydrogen-bond donors (Lipinski definition) is 3. The van der Waals surface area contributed by atoms with Crippen LogP contribution < -0.4 is 11.1 Å². The minimum absolute atomic E-state index is 0.107. The molecule has 0 heterocycles. The summed E-state index contributed by atoms with van der Waals surface area (Å²) >= 11 is 0. The third-order valence-corrected chi connectivity index (χ3v) is 3.05. The fourth-order valence-electron chi connectivity index (χ4n) is 1.95. The summed E-state index contributed by atoms with van der Waals surface area (Å²) in [5.41, 5.74) is 5.84. The van der Waals surface area contributed by atoms with Crippen molar-refractivity contribution in [2.45, 2.75) is 37.3 Å². The van der Waals surface area contributed by atoms with Crippen molar-refractivity contribution in [3.8, 4) is 0 Å². The molecule has 0 saturated heterocycles. The molecule has 14 heavy (non-hydrogen) atoms. The van der Waals surface area contributed by atoms with Crippen LogP contribution in [-0.2, 0) is 4.74 Å². The smallest absolute Gasteiger partial charge is 0.0607 e. The monoisotopic (exact) mass is 202 g/mol. The minimum Gasteiger partial charge on any atom is -0.396 e. The van der Waals surface area contributed by atoms with Crippen molar-refractivity contribution >= 4 is 0 Å². The van der Waals surface area contributed by atoms with E-state index in [-0.39, 0.29) is 12.1 Å². The Balaban J connectivity index is 2.14. The summed E-state index contributed by atoms with van der Waals surface area (Å²) in [4.78, 5) is 0. The summed E-state index contributed by atoms with van der Waals surface area (Å²) in [6.45, 7) is 1.89. The highest BCUT2D eigenvalue weighted by molar-refractivity contribution is 5.02. The molecule has 1 saturated carbocycles. The molecule has 84 valence electrons. The lowest BCUT2D eigenvalue weighted by molar-refractivity contribution is -0.0265. The van der Waals surface area contributed by atoms with Gasteiger partial charge in [0.05, 0.1) is 6.10 Å². The van der Waals surface area contributed by atoms with Crippen molar-refractivity contribution in [3.63, 3.8) is 0 Å². The molecule has 1 fully saturated rings. The third-order valence-electron chi connectivity index (χ3n) is 3.05. The molecule has 0 atom stereocenters. The summed E-state index contributed by atoms with van der Waals surface area (Å²) in [6, 6.07) is 0. The number of nitrogens with two attached hydrogens (primary N) is 1. The molecule has 0 aromatic heterocycles. The highest BCUT2D eigenvalue weighted by Gasteiger charge is 2.42. The van der Waals surface area contributed by atoms with Crippen LogP contribution in [0.2, 0.25) is 0 Å². The largest absolute Gasteiger partial charge is 0.396 e. The first kappa shape index (κ1) is 11.9. The fourth-order valence-corrected chi connectivity index (χ4v) is 1.95. The predicted molar refractivity (Wildman–Crippen MR) is 56.1 cm³/mol.